The third kappa shape index (κ3) is 6.43. The smallest absolute Gasteiger partial charge is 0.422 e. The zero-order valence-corrected chi connectivity index (χ0v) is 15.2. The topological polar surface area (TPSA) is 111 Å². The van der Waals surface area contributed by atoms with Gasteiger partial charge < -0.3 is 24.2 Å². The van der Waals surface area contributed by atoms with Crippen molar-refractivity contribution in [1.82, 2.24) is 10.1 Å². The molecule has 2 rings (SSSR count). The molecule has 1 aliphatic rings. The molecule has 12 heteroatoms. The molecule has 0 saturated carbocycles. The summed E-state index contributed by atoms with van der Waals surface area (Å²) < 4.78 is 50.3. The first-order valence-corrected chi connectivity index (χ1v) is 8.48. The van der Waals surface area contributed by atoms with Crippen LogP contribution >= 0.6 is 0 Å². The molecule has 1 saturated heterocycles. The number of hydrogen-bond donors (Lipinski definition) is 1. The van der Waals surface area contributed by atoms with E-state index in [9.17, 15) is 27.6 Å². The van der Waals surface area contributed by atoms with Crippen molar-refractivity contribution >= 4 is 23.8 Å². The van der Waals surface area contributed by atoms with Crippen LogP contribution in [0, 0.1) is 12.8 Å². The third-order valence-corrected chi connectivity index (χ3v) is 3.99. The molecular weight excluding hydrogens is 387 g/mol. The molecule has 1 unspecified atom stereocenters. The number of carbonyl (C=O) groups is 3. The highest BCUT2D eigenvalue weighted by Crippen LogP contribution is 2.21. The maximum atomic E-state index is 12.2. The second-order valence-electron chi connectivity index (χ2n) is 6.32. The number of amides is 2. The number of halogens is 3. The SMILES string of the molecule is Cc1cc(NC(=O)C(C)OC(=O)C2CCN(C(=O)OCC(F)(F)F)CC2)no1. The number of ether oxygens (including phenoxy) is 2. The molecule has 2 heterocycles. The Morgan fingerprint density at radius 2 is 2.00 bits per heavy atom. The molecule has 0 aliphatic carbocycles. The van der Waals surface area contributed by atoms with Gasteiger partial charge >= 0.3 is 18.2 Å². The zero-order chi connectivity index (χ0) is 20.9. The van der Waals surface area contributed by atoms with Crippen LogP contribution in [0.25, 0.3) is 0 Å². The van der Waals surface area contributed by atoms with Crippen LogP contribution in [0.15, 0.2) is 10.6 Å². The van der Waals surface area contributed by atoms with Crippen molar-refractivity contribution in [1.29, 1.82) is 0 Å². The van der Waals surface area contributed by atoms with Crippen LogP contribution < -0.4 is 5.32 Å². The van der Waals surface area contributed by atoms with E-state index in [-0.39, 0.29) is 31.7 Å². The van der Waals surface area contributed by atoms with E-state index in [0.717, 1.165) is 4.90 Å². The Balaban J connectivity index is 1.75. The summed E-state index contributed by atoms with van der Waals surface area (Å²) in [5.74, 6) is -1.09. The van der Waals surface area contributed by atoms with Crippen LogP contribution in [0.2, 0.25) is 0 Å². The monoisotopic (exact) mass is 407 g/mol. The summed E-state index contributed by atoms with van der Waals surface area (Å²) in [5.41, 5.74) is 0. The van der Waals surface area contributed by atoms with E-state index in [1.165, 1.54) is 13.0 Å². The predicted molar refractivity (Wildman–Crippen MR) is 87.1 cm³/mol. The molecule has 9 nitrogen and oxygen atoms in total. The molecular formula is C16H20F3N3O6. The van der Waals surface area contributed by atoms with Crippen molar-refractivity contribution in [3.05, 3.63) is 11.8 Å². The average Bonchev–Trinajstić information content (AvgIpc) is 3.03. The number of anilines is 1. The molecule has 1 aromatic heterocycles. The predicted octanol–water partition coefficient (Wildman–Crippen LogP) is 2.26. The summed E-state index contributed by atoms with van der Waals surface area (Å²) in [6.07, 6.45) is -6.38. The molecule has 0 aromatic carbocycles. The molecule has 28 heavy (non-hydrogen) atoms. The van der Waals surface area contributed by atoms with Gasteiger partial charge in [0.25, 0.3) is 5.91 Å². The summed E-state index contributed by atoms with van der Waals surface area (Å²) in [6, 6.07) is 1.50. The van der Waals surface area contributed by atoms with Crippen LogP contribution in [0.5, 0.6) is 0 Å². The molecule has 156 valence electrons. The second-order valence-corrected chi connectivity index (χ2v) is 6.32. The quantitative estimate of drug-likeness (QED) is 0.746. The van der Waals surface area contributed by atoms with Crippen LogP contribution in [-0.2, 0) is 19.1 Å². The minimum atomic E-state index is -4.60. The van der Waals surface area contributed by atoms with Gasteiger partial charge in [0.1, 0.15) is 5.76 Å². The van der Waals surface area contributed by atoms with Crippen LogP contribution in [0.3, 0.4) is 0 Å². The maximum Gasteiger partial charge on any atom is 0.422 e. The minimum Gasteiger partial charge on any atom is -0.452 e. The van der Waals surface area contributed by atoms with E-state index in [4.69, 9.17) is 9.26 Å². The highest BCUT2D eigenvalue weighted by molar-refractivity contribution is 5.94. The normalized spacial score (nSPS) is 16.4. The summed E-state index contributed by atoms with van der Waals surface area (Å²) in [6.45, 7) is 1.48. The van der Waals surface area contributed by atoms with Gasteiger partial charge in [0.2, 0.25) is 0 Å². The molecule has 1 aromatic rings. The molecule has 1 fully saturated rings. The maximum absolute atomic E-state index is 12.2. The molecule has 2 amide bonds. The first kappa shape index (κ1) is 21.5. The number of aromatic nitrogens is 1. The number of nitrogens with zero attached hydrogens (tertiary/aromatic N) is 2. The first-order chi connectivity index (χ1) is 13.0. The molecule has 1 atom stereocenters. The van der Waals surface area contributed by atoms with Crippen molar-refractivity contribution in [2.24, 2.45) is 5.92 Å². The lowest BCUT2D eigenvalue weighted by Gasteiger charge is -2.30. The molecule has 0 bridgehead atoms. The van der Waals surface area contributed by atoms with E-state index in [1.54, 1.807) is 6.92 Å². The van der Waals surface area contributed by atoms with Crippen LogP contribution in [0.1, 0.15) is 25.5 Å². The van der Waals surface area contributed by atoms with Gasteiger partial charge in [0.05, 0.1) is 5.92 Å². The fraction of sp³-hybridized carbons (Fsp3) is 0.625. The van der Waals surface area contributed by atoms with Crippen molar-refractivity contribution in [3.8, 4) is 0 Å². The first-order valence-electron chi connectivity index (χ1n) is 8.48. The van der Waals surface area contributed by atoms with Gasteiger partial charge in [0, 0.05) is 19.2 Å². The number of esters is 1. The number of rotatable bonds is 5. The lowest BCUT2D eigenvalue weighted by atomic mass is 9.97. The number of piperidine rings is 1. The second kappa shape index (κ2) is 8.93. The molecule has 1 aliphatic heterocycles. The van der Waals surface area contributed by atoms with Crippen molar-refractivity contribution in [2.75, 3.05) is 25.0 Å². The number of likely N-dealkylation sites (tertiary alicyclic amines) is 1. The Morgan fingerprint density at radius 3 is 2.54 bits per heavy atom. The Hall–Kier alpha value is -2.79. The van der Waals surface area contributed by atoms with Crippen LogP contribution in [0.4, 0.5) is 23.8 Å². The summed E-state index contributed by atoms with van der Waals surface area (Å²) in [7, 11) is 0. The third-order valence-electron chi connectivity index (χ3n) is 3.99. The summed E-state index contributed by atoms with van der Waals surface area (Å²) >= 11 is 0. The molecule has 0 spiro atoms. The lowest BCUT2D eigenvalue weighted by Crippen LogP contribution is -2.42. The van der Waals surface area contributed by atoms with Crippen molar-refractivity contribution in [2.45, 2.75) is 39.0 Å². The van der Waals surface area contributed by atoms with Gasteiger partial charge in [-0.05, 0) is 26.7 Å². The van der Waals surface area contributed by atoms with Gasteiger partial charge in [-0.25, -0.2) is 4.79 Å². The van der Waals surface area contributed by atoms with Crippen LogP contribution in [-0.4, -0.2) is 60.0 Å². The minimum absolute atomic E-state index is 0.0508. The fourth-order valence-corrected chi connectivity index (χ4v) is 2.51. The highest BCUT2D eigenvalue weighted by atomic mass is 19.4. The van der Waals surface area contributed by atoms with E-state index in [0.29, 0.717) is 5.76 Å². The Labute approximate surface area is 158 Å². The summed E-state index contributed by atoms with van der Waals surface area (Å²) in [5, 5.41) is 6.03. The number of aryl methyl sites for hydroxylation is 1. The standard InChI is InChI=1S/C16H20F3N3O6/c1-9-7-12(21-28-9)20-13(23)10(2)27-14(24)11-3-5-22(6-4-11)15(25)26-8-16(17,18)19/h7,10-11H,3-6,8H2,1-2H3,(H,20,21,23). The highest BCUT2D eigenvalue weighted by Gasteiger charge is 2.34. The average molecular weight is 407 g/mol. The molecule has 0 radical (unpaired) electrons. The largest absolute Gasteiger partial charge is 0.452 e. The Kier molecular flexibility index (Phi) is 6.86. The number of nitrogens with one attached hydrogen (secondary N) is 1. The van der Waals surface area contributed by atoms with Gasteiger partial charge in [-0.3, -0.25) is 9.59 Å². The zero-order valence-electron chi connectivity index (χ0n) is 15.2. The van der Waals surface area contributed by atoms with Gasteiger partial charge in [0.15, 0.2) is 18.5 Å². The van der Waals surface area contributed by atoms with Crippen molar-refractivity contribution in [3.63, 3.8) is 0 Å². The van der Waals surface area contributed by atoms with Gasteiger partial charge in [-0.1, -0.05) is 5.16 Å². The Bertz CT molecular complexity index is 713. The van der Waals surface area contributed by atoms with Crippen molar-refractivity contribution < 1.29 is 41.6 Å². The fourth-order valence-electron chi connectivity index (χ4n) is 2.51. The van der Waals surface area contributed by atoms with Gasteiger partial charge in [-0.2, -0.15) is 13.2 Å². The molecule has 1 N–H and O–H groups in total. The van der Waals surface area contributed by atoms with E-state index in [1.807, 2.05) is 0 Å². The van der Waals surface area contributed by atoms with E-state index < -0.39 is 42.8 Å². The number of alkyl halides is 3. The van der Waals surface area contributed by atoms with Gasteiger partial charge in [-0.15, -0.1) is 0 Å². The number of hydrogen-bond acceptors (Lipinski definition) is 7. The lowest BCUT2D eigenvalue weighted by molar-refractivity contribution is -0.163. The number of carbonyl (C=O) groups excluding carboxylic acids is 3. The van der Waals surface area contributed by atoms with E-state index >= 15 is 0 Å². The Morgan fingerprint density at radius 1 is 1.36 bits per heavy atom. The van der Waals surface area contributed by atoms with E-state index in [2.05, 4.69) is 15.2 Å². The summed E-state index contributed by atoms with van der Waals surface area (Å²) in [4.78, 5) is 36.9.